The third-order valence-corrected chi connectivity index (χ3v) is 2.97. The van der Waals surface area contributed by atoms with E-state index in [1.807, 2.05) is 6.07 Å². The van der Waals surface area contributed by atoms with Gasteiger partial charge in [0.15, 0.2) is 5.78 Å². The molecule has 0 aliphatic heterocycles. The van der Waals surface area contributed by atoms with Gasteiger partial charge in [-0.25, -0.2) is 4.79 Å². The maximum Gasteiger partial charge on any atom is 0.407 e. The van der Waals surface area contributed by atoms with E-state index in [-0.39, 0.29) is 24.4 Å². The largest absolute Gasteiger partial charge is 0.496 e. The number of carbonyl (C=O) groups is 2. The van der Waals surface area contributed by atoms with Gasteiger partial charge in [-0.1, -0.05) is 6.07 Å². The summed E-state index contributed by atoms with van der Waals surface area (Å²) in [7, 11) is 1.45. The van der Waals surface area contributed by atoms with Gasteiger partial charge in [0.05, 0.1) is 26.2 Å². The monoisotopic (exact) mass is 348 g/mol. The van der Waals surface area contributed by atoms with Gasteiger partial charge in [0.1, 0.15) is 22.7 Å². The molecule has 0 radical (unpaired) electrons. The van der Waals surface area contributed by atoms with Crippen molar-refractivity contribution in [3.05, 3.63) is 23.8 Å². The van der Waals surface area contributed by atoms with E-state index in [2.05, 4.69) is 5.32 Å². The number of Topliss-reactive ketones (excluding diaryl/α,β-unsaturated/α-hetero) is 1. The normalized spacial score (nSPS) is 10.5. The molecule has 1 aromatic rings. The number of alkyl carbamates (subject to hydrolysis) is 1. The van der Waals surface area contributed by atoms with Crippen LogP contribution < -0.4 is 14.8 Å². The smallest absolute Gasteiger partial charge is 0.407 e. The van der Waals surface area contributed by atoms with Crippen molar-refractivity contribution in [3.63, 3.8) is 0 Å². The van der Waals surface area contributed by atoms with Crippen LogP contribution in [0, 0.1) is 11.3 Å². The zero-order valence-electron chi connectivity index (χ0n) is 15.0. The molecular formula is C18H24N2O5. The number of rotatable bonds is 8. The minimum absolute atomic E-state index is 0.253. The van der Waals surface area contributed by atoms with Gasteiger partial charge in [-0.15, -0.1) is 0 Å². The van der Waals surface area contributed by atoms with Crippen molar-refractivity contribution in [2.24, 2.45) is 0 Å². The van der Waals surface area contributed by atoms with Crippen LogP contribution in [0.15, 0.2) is 18.2 Å². The Kier molecular flexibility index (Phi) is 7.73. The van der Waals surface area contributed by atoms with Gasteiger partial charge in [0.25, 0.3) is 0 Å². The van der Waals surface area contributed by atoms with Crippen LogP contribution in [0.1, 0.15) is 44.0 Å². The summed E-state index contributed by atoms with van der Waals surface area (Å²) in [5.41, 5.74) is -0.288. The molecule has 25 heavy (non-hydrogen) atoms. The third kappa shape index (κ3) is 7.12. The maximum absolute atomic E-state index is 12.1. The second kappa shape index (κ2) is 9.52. The number of ketones is 1. The summed E-state index contributed by atoms with van der Waals surface area (Å²) >= 11 is 0. The molecular weight excluding hydrogens is 324 g/mol. The number of hydrogen-bond donors (Lipinski definition) is 1. The summed E-state index contributed by atoms with van der Waals surface area (Å²) in [5, 5.41) is 11.4. The zero-order chi connectivity index (χ0) is 18.9. The highest BCUT2D eigenvalue weighted by molar-refractivity contribution is 6.02. The summed E-state index contributed by atoms with van der Waals surface area (Å²) in [5.74, 6) is 0.364. The van der Waals surface area contributed by atoms with Crippen LogP contribution in [0.5, 0.6) is 11.5 Å². The zero-order valence-corrected chi connectivity index (χ0v) is 15.0. The molecule has 0 fully saturated rings. The molecule has 7 nitrogen and oxygen atoms in total. The van der Waals surface area contributed by atoms with Crippen LogP contribution in [0.3, 0.4) is 0 Å². The number of nitrogens with zero attached hydrogens (tertiary/aromatic N) is 1. The molecule has 1 N–H and O–H groups in total. The van der Waals surface area contributed by atoms with E-state index in [0.29, 0.717) is 24.5 Å². The molecule has 7 heteroatoms. The molecule has 0 aromatic heterocycles. The lowest BCUT2D eigenvalue weighted by molar-refractivity contribution is 0.0525. The lowest BCUT2D eigenvalue weighted by Crippen LogP contribution is -2.33. The van der Waals surface area contributed by atoms with Gasteiger partial charge in [-0.2, -0.15) is 5.26 Å². The van der Waals surface area contributed by atoms with Gasteiger partial charge in [-0.05, 0) is 39.3 Å². The van der Waals surface area contributed by atoms with E-state index in [1.165, 1.54) is 7.11 Å². The summed E-state index contributed by atoms with van der Waals surface area (Å²) in [6, 6.07) is 6.82. The third-order valence-electron chi connectivity index (χ3n) is 2.97. The molecule has 0 unspecified atom stereocenters. The summed E-state index contributed by atoms with van der Waals surface area (Å²) in [4.78, 5) is 23.6. The molecule has 0 bridgehead atoms. The molecule has 0 aliphatic rings. The standard InChI is InChI=1S/C18H24N2O5/c1-18(2,3)25-17(22)20-11-6-12-24-15-8-5-7-14(23-4)16(15)13(21)9-10-19/h5,7-8H,6,9,11-12H2,1-4H3,(H,20,22). The minimum Gasteiger partial charge on any atom is -0.496 e. The van der Waals surface area contributed by atoms with Crippen molar-refractivity contribution in [2.75, 3.05) is 20.3 Å². The highest BCUT2D eigenvalue weighted by Gasteiger charge is 2.18. The van der Waals surface area contributed by atoms with Crippen molar-refractivity contribution in [3.8, 4) is 17.6 Å². The van der Waals surface area contributed by atoms with Crippen LogP contribution in [-0.2, 0) is 4.74 Å². The van der Waals surface area contributed by atoms with E-state index < -0.39 is 11.7 Å². The average Bonchev–Trinajstić information content (AvgIpc) is 2.52. The number of nitriles is 1. The first-order valence-corrected chi connectivity index (χ1v) is 7.95. The average molecular weight is 348 g/mol. The van der Waals surface area contributed by atoms with Crippen LogP contribution in [0.2, 0.25) is 0 Å². The lowest BCUT2D eigenvalue weighted by atomic mass is 10.1. The first-order valence-electron chi connectivity index (χ1n) is 7.95. The van der Waals surface area contributed by atoms with Gasteiger partial charge in [-0.3, -0.25) is 4.79 Å². The van der Waals surface area contributed by atoms with Crippen molar-refractivity contribution in [1.82, 2.24) is 5.32 Å². The molecule has 0 saturated carbocycles. The van der Waals surface area contributed by atoms with E-state index in [4.69, 9.17) is 19.5 Å². The first-order chi connectivity index (χ1) is 11.8. The fraction of sp³-hybridized carbons (Fsp3) is 0.500. The van der Waals surface area contributed by atoms with Crippen LogP contribution >= 0.6 is 0 Å². The van der Waals surface area contributed by atoms with Crippen molar-refractivity contribution < 1.29 is 23.8 Å². The maximum atomic E-state index is 12.1. The number of amides is 1. The Morgan fingerprint density at radius 2 is 1.92 bits per heavy atom. The fourth-order valence-corrected chi connectivity index (χ4v) is 2.00. The topological polar surface area (TPSA) is 97.7 Å². The number of carbonyl (C=O) groups excluding carboxylic acids is 2. The highest BCUT2D eigenvalue weighted by Crippen LogP contribution is 2.29. The minimum atomic E-state index is -0.544. The Morgan fingerprint density at radius 3 is 2.52 bits per heavy atom. The van der Waals surface area contributed by atoms with Crippen molar-refractivity contribution in [2.45, 2.75) is 39.2 Å². The molecule has 0 heterocycles. The van der Waals surface area contributed by atoms with E-state index >= 15 is 0 Å². The van der Waals surface area contributed by atoms with Gasteiger partial charge in [0.2, 0.25) is 0 Å². The number of ether oxygens (including phenoxy) is 3. The molecule has 136 valence electrons. The second-order valence-electron chi connectivity index (χ2n) is 6.22. The first kappa shape index (κ1) is 20.3. The van der Waals surface area contributed by atoms with E-state index in [1.54, 1.807) is 39.0 Å². The molecule has 0 spiro atoms. The number of benzene rings is 1. The van der Waals surface area contributed by atoms with E-state index in [0.717, 1.165) is 0 Å². The summed E-state index contributed by atoms with van der Waals surface area (Å²) in [6.07, 6.45) is -0.210. The fourth-order valence-electron chi connectivity index (χ4n) is 2.00. The lowest BCUT2D eigenvalue weighted by Gasteiger charge is -2.19. The molecule has 1 rings (SSSR count). The summed E-state index contributed by atoms with van der Waals surface area (Å²) < 4.78 is 15.9. The predicted molar refractivity (Wildman–Crippen MR) is 91.9 cm³/mol. The second-order valence-corrected chi connectivity index (χ2v) is 6.22. The van der Waals surface area contributed by atoms with Crippen LogP contribution in [0.25, 0.3) is 0 Å². The molecule has 0 atom stereocenters. The Hall–Kier alpha value is -2.75. The predicted octanol–water partition coefficient (Wildman–Crippen LogP) is 3.09. The number of methoxy groups -OCH3 is 1. The Labute approximate surface area is 147 Å². The molecule has 0 aliphatic carbocycles. The number of nitrogens with one attached hydrogen (secondary N) is 1. The van der Waals surface area contributed by atoms with Crippen molar-refractivity contribution >= 4 is 11.9 Å². The Balaban J connectivity index is 2.56. The van der Waals surface area contributed by atoms with E-state index in [9.17, 15) is 9.59 Å². The van der Waals surface area contributed by atoms with Gasteiger partial charge in [0, 0.05) is 6.54 Å². The van der Waals surface area contributed by atoms with Gasteiger partial charge < -0.3 is 19.5 Å². The van der Waals surface area contributed by atoms with Crippen molar-refractivity contribution in [1.29, 1.82) is 5.26 Å². The quantitative estimate of drug-likeness (QED) is 0.573. The Morgan fingerprint density at radius 1 is 1.24 bits per heavy atom. The van der Waals surface area contributed by atoms with Gasteiger partial charge >= 0.3 is 6.09 Å². The number of hydrogen-bond acceptors (Lipinski definition) is 6. The Bertz CT molecular complexity index is 644. The highest BCUT2D eigenvalue weighted by atomic mass is 16.6. The van der Waals surface area contributed by atoms with Crippen LogP contribution in [0.4, 0.5) is 4.79 Å². The molecule has 0 saturated heterocycles. The molecule has 1 aromatic carbocycles. The SMILES string of the molecule is COc1cccc(OCCCNC(=O)OC(C)(C)C)c1C(=O)CC#N. The molecule has 1 amide bonds. The van der Waals surface area contributed by atoms with Crippen LogP contribution in [-0.4, -0.2) is 37.7 Å². The summed E-state index contributed by atoms with van der Waals surface area (Å²) in [6.45, 7) is 6.03.